The van der Waals surface area contributed by atoms with Gasteiger partial charge in [-0.15, -0.1) is 0 Å². The van der Waals surface area contributed by atoms with Gasteiger partial charge in [0, 0.05) is 37.6 Å². The van der Waals surface area contributed by atoms with Crippen molar-refractivity contribution >= 4 is 27.5 Å². The summed E-state index contributed by atoms with van der Waals surface area (Å²) >= 11 is 6.11. The molecule has 0 bridgehead atoms. The van der Waals surface area contributed by atoms with Crippen LogP contribution >= 0.6 is 11.6 Å². The van der Waals surface area contributed by atoms with Crippen LogP contribution in [-0.2, 0) is 27.8 Å². The standard InChI is InChI=1S/C18H22ClN3O3S/c1-21(12-9-15-7-10-20-11-8-15)18(23)14-22(26(2,24)25)13-16-5-3-4-6-17(16)19/h3-8,10-11H,9,12-14H2,1-2H3. The zero-order valence-corrected chi connectivity index (χ0v) is 16.4. The van der Waals surface area contributed by atoms with E-state index in [-0.39, 0.29) is 19.0 Å². The number of carbonyl (C=O) groups excluding carboxylic acids is 1. The molecule has 26 heavy (non-hydrogen) atoms. The lowest BCUT2D eigenvalue weighted by Gasteiger charge is -2.24. The molecule has 8 heteroatoms. The van der Waals surface area contributed by atoms with Gasteiger partial charge in [0.25, 0.3) is 0 Å². The normalized spacial score (nSPS) is 11.5. The van der Waals surface area contributed by atoms with Gasteiger partial charge in [-0.3, -0.25) is 9.78 Å². The Hall–Kier alpha value is -1.96. The Balaban J connectivity index is 2.01. The van der Waals surface area contributed by atoms with Crippen molar-refractivity contribution in [2.75, 3.05) is 26.4 Å². The number of pyridine rings is 1. The molecule has 0 aliphatic heterocycles. The molecule has 2 aromatic rings. The quantitative estimate of drug-likeness (QED) is 0.687. The molecule has 0 fully saturated rings. The van der Waals surface area contributed by atoms with E-state index in [4.69, 9.17) is 11.6 Å². The highest BCUT2D eigenvalue weighted by atomic mass is 35.5. The second-order valence-electron chi connectivity index (χ2n) is 6.04. The van der Waals surface area contributed by atoms with Gasteiger partial charge in [0.15, 0.2) is 0 Å². The van der Waals surface area contributed by atoms with Gasteiger partial charge in [-0.1, -0.05) is 29.8 Å². The molecular formula is C18H22ClN3O3S. The maximum absolute atomic E-state index is 12.5. The molecule has 6 nitrogen and oxygen atoms in total. The fourth-order valence-electron chi connectivity index (χ4n) is 2.35. The van der Waals surface area contributed by atoms with E-state index in [0.29, 0.717) is 23.6 Å². The summed E-state index contributed by atoms with van der Waals surface area (Å²) in [5, 5.41) is 0.472. The van der Waals surface area contributed by atoms with Crippen LogP contribution < -0.4 is 0 Å². The Morgan fingerprint density at radius 3 is 2.42 bits per heavy atom. The van der Waals surface area contributed by atoms with Crippen molar-refractivity contribution < 1.29 is 13.2 Å². The van der Waals surface area contributed by atoms with Crippen molar-refractivity contribution in [1.82, 2.24) is 14.2 Å². The highest BCUT2D eigenvalue weighted by Gasteiger charge is 2.23. The third-order valence-corrected chi connectivity index (χ3v) is 5.56. The first-order chi connectivity index (χ1) is 12.3. The molecule has 0 N–H and O–H groups in total. The number of sulfonamides is 1. The summed E-state index contributed by atoms with van der Waals surface area (Å²) < 4.78 is 25.3. The molecule has 0 unspecified atom stereocenters. The lowest BCUT2D eigenvalue weighted by Crippen LogP contribution is -2.41. The lowest BCUT2D eigenvalue weighted by atomic mass is 10.2. The highest BCUT2D eigenvalue weighted by molar-refractivity contribution is 7.88. The van der Waals surface area contributed by atoms with Gasteiger partial charge in [-0.05, 0) is 35.7 Å². The smallest absolute Gasteiger partial charge is 0.237 e. The van der Waals surface area contributed by atoms with Crippen LogP contribution in [0.15, 0.2) is 48.8 Å². The van der Waals surface area contributed by atoms with E-state index in [1.807, 2.05) is 12.1 Å². The number of hydrogen-bond donors (Lipinski definition) is 0. The zero-order chi connectivity index (χ0) is 19.2. The summed E-state index contributed by atoms with van der Waals surface area (Å²) in [7, 11) is -1.89. The molecular weight excluding hydrogens is 374 g/mol. The number of carbonyl (C=O) groups is 1. The predicted molar refractivity (Wildman–Crippen MR) is 102 cm³/mol. The second-order valence-corrected chi connectivity index (χ2v) is 8.43. The second kappa shape index (κ2) is 9.12. The maximum Gasteiger partial charge on any atom is 0.237 e. The van der Waals surface area contributed by atoms with E-state index in [9.17, 15) is 13.2 Å². The topological polar surface area (TPSA) is 70.6 Å². The van der Waals surface area contributed by atoms with Crippen molar-refractivity contribution in [2.45, 2.75) is 13.0 Å². The van der Waals surface area contributed by atoms with Crippen LogP contribution in [-0.4, -0.2) is 54.9 Å². The third-order valence-electron chi connectivity index (χ3n) is 4.00. The van der Waals surface area contributed by atoms with Crippen molar-refractivity contribution in [1.29, 1.82) is 0 Å². The van der Waals surface area contributed by atoms with Gasteiger partial charge in [-0.25, -0.2) is 8.42 Å². The number of nitrogens with zero attached hydrogens (tertiary/aromatic N) is 3. The molecule has 0 radical (unpaired) electrons. The fraction of sp³-hybridized carbons (Fsp3) is 0.333. The van der Waals surface area contributed by atoms with Crippen molar-refractivity contribution in [2.24, 2.45) is 0 Å². The lowest BCUT2D eigenvalue weighted by molar-refractivity contribution is -0.130. The van der Waals surface area contributed by atoms with Gasteiger partial charge in [0.1, 0.15) is 0 Å². The molecule has 0 spiro atoms. The molecule has 1 amide bonds. The van der Waals surface area contributed by atoms with Crippen LogP contribution in [0.4, 0.5) is 0 Å². The van der Waals surface area contributed by atoms with E-state index in [0.717, 1.165) is 16.1 Å². The van der Waals surface area contributed by atoms with Crippen LogP contribution in [0.1, 0.15) is 11.1 Å². The summed E-state index contributed by atoms with van der Waals surface area (Å²) in [5.41, 5.74) is 1.72. The van der Waals surface area contributed by atoms with Crippen LogP contribution in [0.2, 0.25) is 5.02 Å². The molecule has 0 atom stereocenters. The summed E-state index contributed by atoms with van der Waals surface area (Å²) in [6, 6.07) is 10.8. The van der Waals surface area contributed by atoms with Gasteiger partial charge in [-0.2, -0.15) is 4.31 Å². The monoisotopic (exact) mass is 395 g/mol. The number of benzene rings is 1. The summed E-state index contributed by atoms with van der Waals surface area (Å²) in [5.74, 6) is -0.267. The minimum absolute atomic E-state index is 0.0580. The largest absolute Gasteiger partial charge is 0.344 e. The Labute approximate surface area is 159 Å². The number of hydrogen-bond acceptors (Lipinski definition) is 4. The van der Waals surface area contributed by atoms with Crippen LogP contribution in [0, 0.1) is 0 Å². The molecule has 140 valence electrons. The first-order valence-corrected chi connectivity index (χ1v) is 10.3. The van der Waals surface area contributed by atoms with Gasteiger partial charge in [0.05, 0.1) is 12.8 Å². The minimum atomic E-state index is -3.56. The summed E-state index contributed by atoms with van der Waals surface area (Å²) in [6.45, 7) is 0.325. The highest BCUT2D eigenvalue weighted by Crippen LogP contribution is 2.18. The Morgan fingerprint density at radius 1 is 1.15 bits per heavy atom. The maximum atomic E-state index is 12.5. The van der Waals surface area contributed by atoms with Crippen LogP contribution in [0.25, 0.3) is 0 Å². The first-order valence-electron chi connectivity index (χ1n) is 8.09. The molecule has 0 aliphatic carbocycles. The molecule has 0 aliphatic rings. The predicted octanol–water partition coefficient (Wildman–Crippen LogP) is 2.20. The minimum Gasteiger partial charge on any atom is -0.344 e. The number of amides is 1. The molecule has 1 aromatic carbocycles. The number of rotatable bonds is 8. The number of likely N-dealkylation sites (N-methyl/N-ethyl adjacent to an activating group) is 1. The van der Waals surface area contributed by atoms with Crippen molar-refractivity contribution in [3.8, 4) is 0 Å². The zero-order valence-electron chi connectivity index (χ0n) is 14.8. The van der Waals surface area contributed by atoms with E-state index < -0.39 is 10.0 Å². The van der Waals surface area contributed by atoms with Crippen LogP contribution in [0.3, 0.4) is 0 Å². The number of aromatic nitrogens is 1. The van der Waals surface area contributed by atoms with Crippen LogP contribution in [0.5, 0.6) is 0 Å². The van der Waals surface area contributed by atoms with Crippen molar-refractivity contribution in [3.05, 3.63) is 64.9 Å². The van der Waals surface area contributed by atoms with E-state index in [1.54, 1.807) is 43.7 Å². The fourth-order valence-corrected chi connectivity index (χ4v) is 3.26. The number of halogens is 1. The third kappa shape index (κ3) is 6.09. The van der Waals surface area contributed by atoms with Gasteiger partial charge < -0.3 is 4.90 Å². The average molecular weight is 396 g/mol. The molecule has 1 heterocycles. The van der Waals surface area contributed by atoms with Gasteiger partial charge in [0.2, 0.25) is 15.9 Å². The van der Waals surface area contributed by atoms with E-state index >= 15 is 0 Å². The van der Waals surface area contributed by atoms with E-state index in [2.05, 4.69) is 4.98 Å². The van der Waals surface area contributed by atoms with Crippen molar-refractivity contribution in [3.63, 3.8) is 0 Å². The molecule has 1 aromatic heterocycles. The van der Waals surface area contributed by atoms with E-state index in [1.165, 1.54) is 4.90 Å². The van der Waals surface area contributed by atoms with Gasteiger partial charge >= 0.3 is 0 Å². The first kappa shape index (κ1) is 20.4. The summed E-state index contributed by atoms with van der Waals surface area (Å²) in [6.07, 6.45) is 5.17. The Bertz CT molecular complexity index is 844. The SMILES string of the molecule is CN(CCc1ccncc1)C(=O)CN(Cc1ccccc1Cl)S(C)(=O)=O. The molecule has 0 saturated heterocycles. The molecule has 2 rings (SSSR count). The average Bonchev–Trinajstić information content (AvgIpc) is 2.60. The Kier molecular flexibility index (Phi) is 7.14. The Morgan fingerprint density at radius 2 is 1.81 bits per heavy atom. The summed E-state index contributed by atoms with van der Waals surface area (Å²) in [4.78, 5) is 18.0. The molecule has 0 saturated carbocycles.